The second-order valence-electron chi connectivity index (χ2n) is 4.45. The molecule has 2 heterocycles. The van der Waals surface area contributed by atoms with Crippen molar-refractivity contribution >= 4 is 17.7 Å². The topological polar surface area (TPSA) is 78.5 Å². The molecule has 2 N–H and O–H groups in total. The molecule has 2 atom stereocenters. The number of rotatable bonds is 2. The van der Waals surface area contributed by atoms with Gasteiger partial charge >= 0.3 is 0 Å². The lowest BCUT2D eigenvalue weighted by atomic mass is 10.1. The molecule has 2 aliphatic rings. The normalized spacial score (nSPS) is 29.4. The van der Waals surface area contributed by atoms with Crippen molar-refractivity contribution in [1.29, 1.82) is 0 Å². The van der Waals surface area contributed by atoms with E-state index < -0.39 is 11.9 Å². The first kappa shape index (κ1) is 12.0. The number of amides is 3. The van der Waals surface area contributed by atoms with Crippen LogP contribution in [-0.4, -0.2) is 47.8 Å². The fourth-order valence-electron chi connectivity index (χ4n) is 2.40. The van der Waals surface area contributed by atoms with Gasteiger partial charge in [0.1, 0.15) is 12.6 Å². The van der Waals surface area contributed by atoms with Crippen LogP contribution in [0.3, 0.4) is 0 Å². The number of imide groups is 1. The molecule has 0 saturated carbocycles. The Morgan fingerprint density at radius 3 is 2.82 bits per heavy atom. The Balaban J connectivity index is 2.12. The van der Waals surface area contributed by atoms with Gasteiger partial charge in [-0.25, -0.2) is 0 Å². The van der Waals surface area contributed by atoms with Crippen LogP contribution in [0.25, 0.3) is 0 Å². The standard InChI is InChI=1S/C11H17N3O3/c1-2-8-10(16)13-9(15)6-14(8)11(17)7-4-3-5-12-7/h7-8,12H,2-6H2,1H3,(H,13,15,16). The first-order valence-corrected chi connectivity index (χ1v) is 6.01. The summed E-state index contributed by atoms with van der Waals surface area (Å²) in [4.78, 5) is 36.5. The third kappa shape index (κ3) is 2.31. The van der Waals surface area contributed by atoms with Crippen LogP contribution in [0.4, 0.5) is 0 Å². The Morgan fingerprint density at radius 1 is 1.47 bits per heavy atom. The summed E-state index contributed by atoms with van der Waals surface area (Å²) < 4.78 is 0. The van der Waals surface area contributed by atoms with Gasteiger partial charge in [-0.3, -0.25) is 19.7 Å². The summed E-state index contributed by atoms with van der Waals surface area (Å²) in [5.41, 5.74) is 0. The van der Waals surface area contributed by atoms with Gasteiger partial charge in [-0.2, -0.15) is 0 Å². The lowest BCUT2D eigenvalue weighted by Crippen LogP contribution is -2.62. The molecule has 2 rings (SSSR count). The highest BCUT2D eigenvalue weighted by molar-refractivity contribution is 6.04. The minimum atomic E-state index is -0.511. The van der Waals surface area contributed by atoms with Crippen LogP contribution >= 0.6 is 0 Å². The van der Waals surface area contributed by atoms with Crippen molar-refractivity contribution < 1.29 is 14.4 Å². The van der Waals surface area contributed by atoms with Gasteiger partial charge in [0.05, 0.1) is 6.04 Å². The first-order valence-electron chi connectivity index (χ1n) is 6.01. The predicted molar refractivity (Wildman–Crippen MR) is 60.0 cm³/mol. The van der Waals surface area contributed by atoms with E-state index in [0.717, 1.165) is 19.4 Å². The number of hydrogen-bond donors (Lipinski definition) is 2. The summed E-state index contributed by atoms with van der Waals surface area (Å²) in [6.45, 7) is 2.64. The Labute approximate surface area is 99.7 Å². The second kappa shape index (κ2) is 4.83. The molecular formula is C11H17N3O3. The molecular weight excluding hydrogens is 222 g/mol. The van der Waals surface area contributed by atoms with Gasteiger partial charge < -0.3 is 10.2 Å². The van der Waals surface area contributed by atoms with Crippen molar-refractivity contribution in [2.75, 3.05) is 13.1 Å². The lowest BCUT2D eigenvalue weighted by molar-refractivity contribution is -0.151. The predicted octanol–water partition coefficient (Wildman–Crippen LogP) is -0.998. The van der Waals surface area contributed by atoms with E-state index in [4.69, 9.17) is 0 Å². The molecule has 94 valence electrons. The van der Waals surface area contributed by atoms with Crippen molar-refractivity contribution in [2.45, 2.75) is 38.3 Å². The summed E-state index contributed by atoms with van der Waals surface area (Å²) >= 11 is 0. The molecule has 6 heteroatoms. The van der Waals surface area contributed by atoms with Gasteiger partial charge in [0.2, 0.25) is 17.7 Å². The van der Waals surface area contributed by atoms with E-state index in [0.29, 0.717) is 6.42 Å². The van der Waals surface area contributed by atoms with E-state index in [1.54, 1.807) is 0 Å². The molecule has 0 bridgehead atoms. The smallest absolute Gasteiger partial charge is 0.249 e. The summed E-state index contributed by atoms with van der Waals surface area (Å²) in [6, 6.07) is -0.745. The van der Waals surface area contributed by atoms with E-state index in [-0.39, 0.29) is 24.4 Å². The summed E-state index contributed by atoms with van der Waals surface area (Å²) in [7, 11) is 0. The van der Waals surface area contributed by atoms with Gasteiger partial charge in [0.15, 0.2) is 0 Å². The molecule has 2 unspecified atom stereocenters. The Morgan fingerprint density at radius 2 is 2.24 bits per heavy atom. The maximum absolute atomic E-state index is 12.2. The van der Waals surface area contributed by atoms with E-state index in [9.17, 15) is 14.4 Å². The van der Waals surface area contributed by atoms with Gasteiger partial charge in [0.25, 0.3) is 0 Å². The van der Waals surface area contributed by atoms with Crippen molar-refractivity contribution in [1.82, 2.24) is 15.5 Å². The maximum Gasteiger partial charge on any atom is 0.249 e. The van der Waals surface area contributed by atoms with Crippen molar-refractivity contribution in [3.05, 3.63) is 0 Å². The highest BCUT2D eigenvalue weighted by atomic mass is 16.2. The SMILES string of the molecule is CCC1C(=O)NC(=O)CN1C(=O)C1CCCN1. The molecule has 17 heavy (non-hydrogen) atoms. The van der Waals surface area contributed by atoms with E-state index >= 15 is 0 Å². The van der Waals surface area contributed by atoms with Crippen LogP contribution in [0.5, 0.6) is 0 Å². The summed E-state index contributed by atoms with van der Waals surface area (Å²) in [5, 5.41) is 5.36. The largest absolute Gasteiger partial charge is 0.320 e. The highest BCUT2D eigenvalue weighted by Crippen LogP contribution is 2.15. The van der Waals surface area contributed by atoms with Crippen LogP contribution in [0.1, 0.15) is 26.2 Å². The number of piperazine rings is 1. The molecule has 0 aliphatic carbocycles. The fourth-order valence-corrected chi connectivity index (χ4v) is 2.40. The van der Waals surface area contributed by atoms with Crippen LogP contribution < -0.4 is 10.6 Å². The van der Waals surface area contributed by atoms with Crippen LogP contribution in [0.2, 0.25) is 0 Å². The minimum Gasteiger partial charge on any atom is -0.320 e. The van der Waals surface area contributed by atoms with Crippen LogP contribution in [0.15, 0.2) is 0 Å². The number of carbonyl (C=O) groups excluding carboxylic acids is 3. The van der Waals surface area contributed by atoms with Crippen molar-refractivity contribution in [3.8, 4) is 0 Å². The van der Waals surface area contributed by atoms with Gasteiger partial charge in [0, 0.05) is 0 Å². The molecule has 2 saturated heterocycles. The third-order valence-electron chi connectivity index (χ3n) is 3.28. The highest BCUT2D eigenvalue weighted by Gasteiger charge is 2.38. The molecule has 2 aliphatic heterocycles. The van der Waals surface area contributed by atoms with Crippen molar-refractivity contribution in [3.63, 3.8) is 0 Å². The molecule has 0 aromatic carbocycles. The van der Waals surface area contributed by atoms with Crippen LogP contribution in [-0.2, 0) is 14.4 Å². The second-order valence-corrected chi connectivity index (χ2v) is 4.45. The Hall–Kier alpha value is -1.43. The number of nitrogens with zero attached hydrogens (tertiary/aromatic N) is 1. The lowest BCUT2D eigenvalue weighted by Gasteiger charge is -2.34. The maximum atomic E-state index is 12.2. The molecule has 0 radical (unpaired) electrons. The molecule has 2 fully saturated rings. The zero-order chi connectivity index (χ0) is 12.4. The van der Waals surface area contributed by atoms with Crippen molar-refractivity contribution in [2.24, 2.45) is 0 Å². The van der Waals surface area contributed by atoms with Gasteiger partial charge in [-0.15, -0.1) is 0 Å². The van der Waals surface area contributed by atoms with E-state index in [1.165, 1.54) is 4.90 Å². The fraction of sp³-hybridized carbons (Fsp3) is 0.727. The average Bonchev–Trinajstić information content (AvgIpc) is 2.80. The Kier molecular flexibility index (Phi) is 3.42. The molecule has 0 aromatic rings. The molecule has 3 amide bonds. The summed E-state index contributed by atoms with van der Waals surface area (Å²) in [5.74, 6) is -0.890. The third-order valence-corrected chi connectivity index (χ3v) is 3.28. The van der Waals surface area contributed by atoms with Gasteiger partial charge in [-0.1, -0.05) is 6.92 Å². The van der Waals surface area contributed by atoms with Crippen LogP contribution in [0, 0.1) is 0 Å². The average molecular weight is 239 g/mol. The monoisotopic (exact) mass is 239 g/mol. The Bertz CT molecular complexity index is 350. The summed E-state index contributed by atoms with van der Waals surface area (Å²) in [6.07, 6.45) is 2.26. The quantitative estimate of drug-likeness (QED) is 0.606. The van der Waals surface area contributed by atoms with E-state index in [2.05, 4.69) is 10.6 Å². The molecule has 0 spiro atoms. The molecule has 0 aromatic heterocycles. The van der Waals surface area contributed by atoms with Gasteiger partial charge in [-0.05, 0) is 25.8 Å². The number of nitrogens with one attached hydrogen (secondary N) is 2. The zero-order valence-electron chi connectivity index (χ0n) is 9.86. The first-order chi connectivity index (χ1) is 8.13. The minimum absolute atomic E-state index is 0.0126. The molecule has 6 nitrogen and oxygen atoms in total. The number of hydrogen-bond acceptors (Lipinski definition) is 4. The zero-order valence-corrected chi connectivity index (χ0v) is 9.86. The number of carbonyl (C=O) groups is 3. The van der Waals surface area contributed by atoms with E-state index in [1.807, 2.05) is 6.92 Å².